The minimum Gasteiger partial charge on any atom is -0.353 e. The van der Waals surface area contributed by atoms with E-state index in [-0.39, 0.29) is 0 Å². The number of nitrogens with one attached hydrogen (secondary N) is 3. The third-order valence-corrected chi connectivity index (χ3v) is 4.75. The summed E-state index contributed by atoms with van der Waals surface area (Å²) in [5.74, 6) is 0.863. The molecule has 4 aromatic heterocycles. The number of nitrogens with zero attached hydrogens (tertiary/aromatic N) is 4. The highest BCUT2D eigenvalue weighted by Crippen LogP contribution is 2.28. The van der Waals surface area contributed by atoms with Crippen LogP contribution in [0.4, 0.5) is 0 Å². The van der Waals surface area contributed by atoms with Gasteiger partial charge in [0, 0.05) is 24.3 Å². The number of hydrogen-bond acceptors (Lipinski definition) is 4. The monoisotopic (exact) mass is 345 g/mol. The number of rotatable bonds is 3. The van der Waals surface area contributed by atoms with Gasteiger partial charge in [-0.3, -0.25) is 9.67 Å². The molecule has 5 heterocycles. The predicted molar refractivity (Wildman–Crippen MR) is 101 cm³/mol. The van der Waals surface area contributed by atoms with Gasteiger partial charge in [0.05, 0.1) is 22.6 Å². The molecule has 0 saturated heterocycles. The Kier molecular flexibility index (Phi) is 3.46. The van der Waals surface area contributed by atoms with E-state index in [0.29, 0.717) is 0 Å². The summed E-state index contributed by atoms with van der Waals surface area (Å²) in [6.45, 7) is 3.89. The Morgan fingerprint density at radius 1 is 1.15 bits per heavy atom. The summed E-state index contributed by atoms with van der Waals surface area (Å²) in [6.07, 6.45) is 8.81. The van der Waals surface area contributed by atoms with Gasteiger partial charge in [0.15, 0.2) is 0 Å². The van der Waals surface area contributed by atoms with Crippen molar-refractivity contribution in [2.45, 2.75) is 13.3 Å². The van der Waals surface area contributed by atoms with Crippen molar-refractivity contribution in [2.24, 2.45) is 0 Å². The molecule has 4 aromatic rings. The second-order valence-electron chi connectivity index (χ2n) is 6.55. The fourth-order valence-electron chi connectivity index (χ4n) is 3.41. The maximum atomic E-state index is 4.53. The molecule has 130 valence electrons. The first-order valence-corrected chi connectivity index (χ1v) is 8.72. The van der Waals surface area contributed by atoms with Crippen LogP contribution in [0.5, 0.6) is 0 Å². The number of aryl methyl sites for hydroxylation is 1. The molecule has 3 N–H and O–H groups in total. The lowest BCUT2D eigenvalue weighted by Crippen LogP contribution is -2.20. The largest absolute Gasteiger partial charge is 0.353 e. The van der Waals surface area contributed by atoms with Gasteiger partial charge in [-0.25, -0.2) is 9.97 Å². The van der Waals surface area contributed by atoms with Crippen molar-refractivity contribution >= 4 is 16.5 Å². The number of pyridine rings is 1. The van der Waals surface area contributed by atoms with Gasteiger partial charge < -0.3 is 10.3 Å². The zero-order chi connectivity index (χ0) is 17.5. The smallest absolute Gasteiger partial charge is 0.147 e. The number of fused-ring (bicyclic) bond motifs is 1. The van der Waals surface area contributed by atoms with Crippen LogP contribution in [0.3, 0.4) is 0 Å². The number of imidazole rings is 1. The third kappa shape index (κ3) is 2.53. The van der Waals surface area contributed by atoms with Crippen molar-refractivity contribution in [3.63, 3.8) is 0 Å². The second-order valence-corrected chi connectivity index (χ2v) is 6.55. The van der Waals surface area contributed by atoms with Gasteiger partial charge in [0.1, 0.15) is 17.8 Å². The molecule has 0 atom stereocenters. The van der Waals surface area contributed by atoms with Crippen molar-refractivity contribution in [2.75, 3.05) is 13.1 Å². The highest BCUT2D eigenvalue weighted by atomic mass is 15.1. The van der Waals surface area contributed by atoms with Crippen molar-refractivity contribution in [1.29, 1.82) is 0 Å². The van der Waals surface area contributed by atoms with Crippen LogP contribution in [0, 0.1) is 6.92 Å². The second kappa shape index (κ2) is 5.96. The van der Waals surface area contributed by atoms with E-state index >= 15 is 0 Å². The Morgan fingerprint density at radius 2 is 2.12 bits per heavy atom. The summed E-state index contributed by atoms with van der Waals surface area (Å²) in [7, 11) is 0. The predicted octanol–water partition coefficient (Wildman–Crippen LogP) is 2.82. The lowest BCUT2D eigenvalue weighted by molar-refractivity contribution is 0.736. The number of aromatic nitrogens is 6. The van der Waals surface area contributed by atoms with E-state index < -0.39 is 0 Å². The van der Waals surface area contributed by atoms with Crippen LogP contribution in [0.2, 0.25) is 0 Å². The Bertz CT molecular complexity index is 1110. The maximum absolute atomic E-state index is 4.53. The van der Waals surface area contributed by atoms with Crippen LogP contribution < -0.4 is 5.32 Å². The summed E-state index contributed by atoms with van der Waals surface area (Å²) < 4.78 is 1.95. The lowest BCUT2D eigenvalue weighted by atomic mass is 10.1. The van der Waals surface area contributed by atoms with Gasteiger partial charge in [0.2, 0.25) is 0 Å². The molecule has 0 fully saturated rings. The molecule has 1 aliphatic heterocycles. The standard InChI is InChI=1S/C19H19N7/c1-12-10-26(11-22-12)19-14-8-17(23-15(14)4-7-21-19)18-9-16(24-25-18)13-2-5-20-6-3-13/h2,4,7-11,20,23H,3,5-6H2,1H3,(H,24,25). The van der Waals surface area contributed by atoms with E-state index in [4.69, 9.17) is 0 Å². The van der Waals surface area contributed by atoms with Gasteiger partial charge in [-0.15, -0.1) is 0 Å². The molecular formula is C19H19N7. The van der Waals surface area contributed by atoms with E-state index in [1.807, 2.05) is 30.0 Å². The number of hydrogen-bond donors (Lipinski definition) is 3. The molecule has 0 unspecified atom stereocenters. The molecule has 5 rings (SSSR count). The molecule has 0 aliphatic carbocycles. The molecule has 0 aromatic carbocycles. The minimum atomic E-state index is 0.863. The molecule has 0 saturated carbocycles. The molecular weight excluding hydrogens is 326 g/mol. The van der Waals surface area contributed by atoms with Crippen molar-refractivity contribution in [1.82, 2.24) is 35.0 Å². The molecule has 0 spiro atoms. The third-order valence-electron chi connectivity index (χ3n) is 4.75. The van der Waals surface area contributed by atoms with E-state index in [2.05, 4.69) is 48.7 Å². The van der Waals surface area contributed by atoms with Crippen LogP contribution in [0.25, 0.3) is 33.7 Å². The number of aromatic amines is 2. The highest BCUT2D eigenvalue weighted by molar-refractivity contribution is 5.90. The van der Waals surface area contributed by atoms with Gasteiger partial charge in [-0.2, -0.15) is 5.10 Å². The summed E-state index contributed by atoms with van der Waals surface area (Å²) >= 11 is 0. The average molecular weight is 345 g/mol. The first-order chi connectivity index (χ1) is 12.8. The zero-order valence-corrected chi connectivity index (χ0v) is 14.5. The summed E-state index contributed by atoms with van der Waals surface area (Å²) in [6, 6.07) is 6.19. The molecule has 0 amide bonds. The molecule has 0 bridgehead atoms. The lowest BCUT2D eigenvalue weighted by Gasteiger charge is -2.11. The fourth-order valence-corrected chi connectivity index (χ4v) is 3.41. The normalized spacial score (nSPS) is 14.7. The molecule has 1 aliphatic rings. The molecule has 7 nitrogen and oxygen atoms in total. The maximum Gasteiger partial charge on any atom is 0.147 e. The number of H-pyrrole nitrogens is 2. The molecule has 0 radical (unpaired) electrons. The summed E-state index contributed by atoms with van der Waals surface area (Å²) in [5, 5.41) is 12.1. The van der Waals surface area contributed by atoms with E-state index in [1.165, 1.54) is 5.57 Å². The minimum absolute atomic E-state index is 0.863. The van der Waals surface area contributed by atoms with Crippen molar-refractivity contribution in [3.8, 4) is 17.2 Å². The first kappa shape index (κ1) is 15.1. The van der Waals surface area contributed by atoms with Crippen LogP contribution >= 0.6 is 0 Å². The topological polar surface area (TPSA) is 87.2 Å². The first-order valence-electron chi connectivity index (χ1n) is 8.72. The summed E-state index contributed by atoms with van der Waals surface area (Å²) in [4.78, 5) is 12.3. The zero-order valence-electron chi connectivity index (χ0n) is 14.5. The van der Waals surface area contributed by atoms with Gasteiger partial charge >= 0.3 is 0 Å². The van der Waals surface area contributed by atoms with Crippen molar-refractivity contribution in [3.05, 3.63) is 54.4 Å². The Balaban J connectivity index is 1.56. The van der Waals surface area contributed by atoms with Gasteiger partial charge in [-0.05, 0) is 43.7 Å². The average Bonchev–Trinajstić information content (AvgIpc) is 3.40. The Hall–Kier alpha value is -3.19. The van der Waals surface area contributed by atoms with E-state index in [1.54, 1.807) is 6.33 Å². The van der Waals surface area contributed by atoms with Crippen molar-refractivity contribution < 1.29 is 0 Å². The van der Waals surface area contributed by atoms with Gasteiger partial charge in [0.25, 0.3) is 0 Å². The van der Waals surface area contributed by atoms with Crippen LogP contribution in [-0.2, 0) is 0 Å². The fraction of sp³-hybridized carbons (Fsp3) is 0.211. The SMILES string of the molecule is Cc1cn(-c2nccc3[nH]c(-c4cc(C5=CCNCC5)[nH]n4)cc23)cn1. The quantitative estimate of drug-likeness (QED) is 0.533. The van der Waals surface area contributed by atoms with Crippen LogP contribution in [0.15, 0.2) is 43.0 Å². The summed E-state index contributed by atoms with van der Waals surface area (Å²) in [5.41, 5.74) is 6.28. The van der Waals surface area contributed by atoms with Crippen LogP contribution in [0.1, 0.15) is 17.8 Å². The van der Waals surface area contributed by atoms with Crippen LogP contribution in [-0.4, -0.2) is 42.8 Å². The Morgan fingerprint density at radius 3 is 2.92 bits per heavy atom. The highest BCUT2D eigenvalue weighted by Gasteiger charge is 2.14. The molecule has 7 heteroatoms. The molecule has 26 heavy (non-hydrogen) atoms. The van der Waals surface area contributed by atoms with E-state index in [0.717, 1.165) is 59.0 Å². The Labute approximate surface area is 150 Å². The van der Waals surface area contributed by atoms with E-state index in [9.17, 15) is 0 Å². The van der Waals surface area contributed by atoms with Gasteiger partial charge in [-0.1, -0.05) is 6.08 Å².